The molecule has 0 aromatic heterocycles. The van der Waals surface area contributed by atoms with Gasteiger partial charge in [0.2, 0.25) is 0 Å². The van der Waals surface area contributed by atoms with E-state index in [1.54, 1.807) is 0 Å². The molecule has 0 unspecified atom stereocenters. The zero-order chi connectivity index (χ0) is 22.6. The van der Waals surface area contributed by atoms with Crippen LogP contribution in [-0.4, -0.2) is 43.8 Å². The second-order valence-electron chi connectivity index (χ2n) is 7.75. The summed E-state index contributed by atoms with van der Waals surface area (Å²) in [6.45, 7) is 22.7. The Morgan fingerprint density at radius 2 is 0.655 bits per heavy atom. The van der Waals surface area contributed by atoms with Crippen LogP contribution >= 0.6 is 0 Å². The molecule has 0 fully saturated rings. The standard InChI is InChI=1S/C20H50O4Si5/c1-11-25(12-2)21-27(15-5,16-6)23-29(19-9,20-10)24-28(17-7,18-8)22-26(13-3)14-4/h11-20H2,1-10H3. The third-order valence-corrected chi connectivity index (χ3v) is 27.1. The van der Waals surface area contributed by atoms with Crippen LogP contribution in [-0.2, 0) is 16.5 Å². The molecular weight excluding hydrogens is 445 g/mol. The van der Waals surface area contributed by atoms with Gasteiger partial charge in [0.25, 0.3) is 0 Å². The van der Waals surface area contributed by atoms with E-state index in [0.717, 1.165) is 60.4 Å². The van der Waals surface area contributed by atoms with Gasteiger partial charge in [-0.3, -0.25) is 0 Å². The van der Waals surface area contributed by atoms with Crippen LogP contribution in [0.4, 0.5) is 0 Å². The van der Waals surface area contributed by atoms with Crippen LogP contribution in [0.1, 0.15) is 69.2 Å². The van der Waals surface area contributed by atoms with Gasteiger partial charge in [0.1, 0.15) is 0 Å². The van der Waals surface area contributed by atoms with Gasteiger partial charge in [-0.1, -0.05) is 69.2 Å². The summed E-state index contributed by atoms with van der Waals surface area (Å²) in [6.07, 6.45) is 0. The summed E-state index contributed by atoms with van der Waals surface area (Å²) in [7, 11) is -8.44. The fourth-order valence-electron chi connectivity index (χ4n) is 3.67. The first-order chi connectivity index (χ1) is 13.8. The van der Waals surface area contributed by atoms with E-state index in [9.17, 15) is 0 Å². The second kappa shape index (κ2) is 14.9. The van der Waals surface area contributed by atoms with Crippen LogP contribution in [0.3, 0.4) is 0 Å². The summed E-state index contributed by atoms with van der Waals surface area (Å²) in [5.41, 5.74) is 0. The minimum absolute atomic E-state index is 0.783. The van der Waals surface area contributed by atoms with Crippen LogP contribution in [0.15, 0.2) is 0 Å². The van der Waals surface area contributed by atoms with Crippen LogP contribution in [0.5, 0.6) is 0 Å². The molecule has 174 valence electrons. The molecule has 0 saturated heterocycles. The zero-order valence-corrected chi connectivity index (χ0v) is 26.2. The molecule has 4 nitrogen and oxygen atoms in total. The summed E-state index contributed by atoms with van der Waals surface area (Å²) in [5, 5.41) is 0. The molecule has 0 rings (SSSR count). The van der Waals surface area contributed by atoms with Crippen molar-refractivity contribution < 1.29 is 16.5 Å². The Morgan fingerprint density at radius 3 is 0.828 bits per heavy atom. The average Bonchev–Trinajstić information content (AvgIpc) is 2.78. The highest BCUT2D eigenvalue weighted by molar-refractivity contribution is 6.89. The van der Waals surface area contributed by atoms with Crippen molar-refractivity contribution in [3.05, 3.63) is 0 Å². The fourth-order valence-corrected chi connectivity index (χ4v) is 26.7. The van der Waals surface area contributed by atoms with E-state index in [-0.39, 0.29) is 0 Å². The van der Waals surface area contributed by atoms with E-state index < -0.39 is 43.8 Å². The van der Waals surface area contributed by atoms with E-state index in [2.05, 4.69) is 69.2 Å². The monoisotopic (exact) mass is 494 g/mol. The highest BCUT2D eigenvalue weighted by Gasteiger charge is 2.51. The van der Waals surface area contributed by atoms with Crippen molar-refractivity contribution in [1.82, 2.24) is 0 Å². The Bertz CT molecular complexity index is 374. The van der Waals surface area contributed by atoms with Gasteiger partial charge in [0, 0.05) is 0 Å². The summed E-state index contributed by atoms with van der Waals surface area (Å²) in [4.78, 5) is 0. The first kappa shape index (κ1) is 29.9. The van der Waals surface area contributed by atoms with Gasteiger partial charge in [-0.15, -0.1) is 0 Å². The summed E-state index contributed by atoms with van der Waals surface area (Å²) < 4.78 is 28.1. The molecule has 0 aromatic carbocycles. The molecule has 0 aliphatic heterocycles. The van der Waals surface area contributed by atoms with E-state index in [1.807, 2.05) is 0 Å². The molecule has 9 heteroatoms. The smallest absolute Gasteiger partial charge is 0.320 e. The van der Waals surface area contributed by atoms with Crippen molar-refractivity contribution in [3.63, 3.8) is 0 Å². The molecule has 0 heterocycles. The van der Waals surface area contributed by atoms with Gasteiger partial charge in [0.05, 0.1) is 0 Å². The topological polar surface area (TPSA) is 36.9 Å². The average molecular weight is 495 g/mol. The summed E-state index contributed by atoms with van der Waals surface area (Å²) in [6, 6.07) is 10.6. The van der Waals surface area contributed by atoms with Crippen LogP contribution in [0.25, 0.3) is 0 Å². The highest BCUT2D eigenvalue weighted by Crippen LogP contribution is 2.35. The molecule has 0 aliphatic rings. The van der Waals surface area contributed by atoms with Crippen molar-refractivity contribution in [3.8, 4) is 0 Å². The molecule has 29 heavy (non-hydrogen) atoms. The Hall–Kier alpha value is 0.924. The van der Waals surface area contributed by atoms with Crippen LogP contribution in [0, 0.1) is 0 Å². The first-order valence-electron chi connectivity index (χ1n) is 12.2. The largest absolute Gasteiger partial charge is 0.436 e. The van der Waals surface area contributed by atoms with E-state index in [1.165, 1.54) is 0 Å². The molecular formula is C20H50O4Si5. The van der Waals surface area contributed by atoms with Gasteiger partial charge in [-0.25, -0.2) is 0 Å². The van der Waals surface area contributed by atoms with Crippen molar-refractivity contribution in [1.29, 1.82) is 0 Å². The lowest BCUT2D eigenvalue weighted by Gasteiger charge is -2.46. The Labute approximate surface area is 189 Å². The maximum absolute atomic E-state index is 7.19. The number of hydrogen-bond acceptors (Lipinski definition) is 4. The van der Waals surface area contributed by atoms with Crippen LogP contribution < -0.4 is 0 Å². The van der Waals surface area contributed by atoms with Gasteiger partial charge in [-0.05, 0) is 60.4 Å². The lowest BCUT2D eigenvalue weighted by molar-refractivity contribution is 0.277. The molecule has 0 atom stereocenters. The van der Waals surface area contributed by atoms with Gasteiger partial charge >= 0.3 is 25.7 Å². The second-order valence-corrected chi connectivity index (χ2v) is 25.7. The van der Waals surface area contributed by atoms with Crippen LogP contribution in [0.2, 0.25) is 60.4 Å². The third-order valence-electron chi connectivity index (χ3n) is 6.21. The SMILES string of the molecule is CC[Si](CC)O[Si](CC)(CC)O[Si](CC)(CC)O[Si](CC)(CC)O[Si](CC)CC. The van der Waals surface area contributed by atoms with Gasteiger partial charge in [-0.2, -0.15) is 0 Å². The highest BCUT2D eigenvalue weighted by atomic mass is 28.5. The normalized spacial score (nSPS) is 13.7. The first-order valence-corrected chi connectivity index (χ1v) is 22.6. The number of rotatable bonds is 18. The maximum Gasteiger partial charge on any atom is 0.320 e. The Morgan fingerprint density at radius 1 is 0.414 bits per heavy atom. The van der Waals surface area contributed by atoms with E-state index in [0.29, 0.717) is 0 Å². The third kappa shape index (κ3) is 8.76. The zero-order valence-electron chi connectivity index (χ0n) is 21.2. The van der Waals surface area contributed by atoms with Crippen molar-refractivity contribution in [2.45, 2.75) is 130 Å². The lowest BCUT2D eigenvalue weighted by Crippen LogP contribution is -2.61. The van der Waals surface area contributed by atoms with Crippen molar-refractivity contribution in [2.24, 2.45) is 0 Å². The summed E-state index contributed by atoms with van der Waals surface area (Å²) in [5.74, 6) is 0. The molecule has 0 aliphatic carbocycles. The fraction of sp³-hybridized carbons (Fsp3) is 1.00. The van der Waals surface area contributed by atoms with E-state index >= 15 is 0 Å². The minimum Gasteiger partial charge on any atom is -0.436 e. The maximum atomic E-state index is 7.19. The summed E-state index contributed by atoms with van der Waals surface area (Å²) >= 11 is 0. The van der Waals surface area contributed by atoms with E-state index in [4.69, 9.17) is 16.5 Å². The lowest BCUT2D eigenvalue weighted by atomic mass is 10.9. The van der Waals surface area contributed by atoms with Gasteiger partial charge < -0.3 is 16.5 Å². The molecule has 0 saturated carbocycles. The minimum atomic E-state index is -2.38. The van der Waals surface area contributed by atoms with Crippen molar-refractivity contribution >= 4 is 43.8 Å². The molecule has 0 bridgehead atoms. The molecule has 0 N–H and O–H groups in total. The molecule has 0 spiro atoms. The predicted octanol–water partition coefficient (Wildman–Crippen LogP) is 7.56. The van der Waals surface area contributed by atoms with Gasteiger partial charge in [0.15, 0.2) is 18.1 Å². The predicted molar refractivity (Wildman–Crippen MR) is 138 cm³/mol. The van der Waals surface area contributed by atoms with Crippen molar-refractivity contribution in [2.75, 3.05) is 0 Å². The molecule has 0 amide bonds. The Balaban J connectivity index is 5.88. The quantitative estimate of drug-likeness (QED) is 0.184. The number of hydrogen-bond donors (Lipinski definition) is 0. The molecule has 2 radical (unpaired) electrons. The molecule has 0 aromatic rings. The Kier molecular flexibility index (Phi) is 15.4.